The molecule has 0 saturated heterocycles. The highest BCUT2D eigenvalue weighted by atomic mass is 16.5. The fourth-order valence-electron chi connectivity index (χ4n) is 3.61. The molecule has 4 nitrogen and oxygen atoms in total. The van der Waals surface area contributed by atoms with Gasteiger partial charge in [0.2, 0.25) is 5.91 Å². The van der Waals surface area contributed by atoms with Gasteiger partial charge in [-0.1, -0.05) is 64.4 Å². The monoisotopic (exact) mass is 403 g/mol. The molecular formula is C25H41NO3. The molecule has 1 aliphatic carbocycles. The van der Waals surface area contributed by atoms with Crippen molar-refractivity contribution in [2.45, 2.75) is 109 Å². The summed E-state index contributed by atoms with van der Waals surface area (Å²) in [5.41, 5.74) is 1.21. The second kappa shape index (κ2) is 14.3. The number of aryl methyl sites for hydroxylation is 1. The van der Waals surface area contributed by atoms with E-state index in [1.807, 2.05) is 6.07 Å². The molecule has 0 aromatic heterocycles. The van der Waals surface area contributed by atoms with Crippen molar-refractivity contribution in [3.05, 3.63) is 23.8 Å². The Morgan fingerprint density at radius 3 is 2.38 bits per heavy atom. The standard InChI is InChI=1S/C25H41NO3/c1-2-3-10-13-21-15-18-23(27)20-24(21)29-19-12-9-7-5-4-6-8-11-14-25(28)26-22-16-17-22/h15,18,20,22,27H,2-14,16-17,19H2,1H3,(H,26,28). The summed E-state index contributed by atoms with van der Waals surface area (Å²) in [6.07, 6.45) is 17.1. The maximum Gasteiger partial charge on any atom is 0.220 e. The summed E-state index contributed by atoms with van der Waals surface area (Å²) in [5.74, 6) is 1.38. The Labute approximate surface area is 177 Å². The van der Waals surface area contributed by atoms with Gasteiger partial charge in [-0.05, 0) is 50.2 Å². The van der Waals surface area contributed by atoms with Crippen LogP contribution in [-0.2, 0) is 11.2 Å². The number of hydrogen-bond donors (Lipinski definition) is 2. The van der Waals surface area contributed by atoms with Crippen LogP contribution < -0.4 is 10.1 Å². The van der Waals surface area contributed by atoms with Gasteiger partial charge >= 0.3 is 0 Å². The largest absolute Gasteiger partial charge is 0.508 e. The molecule has 29 heavy (non-hydrogen) atoms. The summed E-state index contributed by atoms with van der Waals surface area (Å²) in [6.45, 7) is 2.93. The molecule has 0 atom stereocenters. The molecule has 2 rings (SSSR count). The molecule has 2 N–H and O–H groups in total. The Morgan fingerprint density at radius 2 is 1.69 bits per heavy atom. The summed E-state index contributed by atoms with van der Waals surface area (Å²) in [4.78, 5) is 11.6. The smallest absolute Gasteiger partial charge is 0.220 e. The summed E-state index contributed by atoms with van der Waals surface area (Å²) in [6, 6.07) is 6.00. The maximum atomic E-state index is 11.6. The highest BCUT2D eigenvalue weighted by molar-refractivity contribution is 5.76. The second-order valence-electron chi connectivity index (χ2n) is 8.52. The molecule has 1 fully saturated rings. The molecule has 0 bridgehead atoms. The molecule has 1 amide bonds. The van der Waals surface area contributed by atoms with Gasteiger partial charge in [0.05, 0.1) is 6.61 Å². The van der Waals surface area contributed by atoms with Gasteiger partial charge in [0, 0.05) is 18.5 Å². The number of carbonyl (C=O) groups excluding carboxylic acids is 1. The first-order chi connectivity index (χ1) is 14.2. The van der Waals surface area contributed by atoms with Crippen LogP contribution in [0.15, 0.2) is 18.2 Å². The second-order valence-corrected chi connectivity index (χ2v) is 8.52. The van der Waals surface area contributed by atoms with E-state index in [0.29, 0.717) is 12.5 Å². The van der Waals surface area contributed by atoms with Gasteiger partial charge in [0.25, 0.3) is 0 Å². The Hall–Kier alpha value is -1.71. The number of ether oxygens (including phenoxy) is 1. The van der Waals surface area contributed by atoms with Gasteiger partial charge in [-0.3, -0.25) is 4.79 Å². The topological polar surface area (TPSA) is 58.6 Å². The molecule has 1 aromatic rings. The molecule has 1 saturated carbocycles. The van der Waals surface area contributed by atoms with Crippen LogP contribution in [0.5, 0.6) is 11.5 Å². The van der Waals surface area contributed by atoms with Gasteiger partial charge in [0.1, 0.15) is 11.5 Å². The third kappa shape index (κ3) is 11.2. The van der Waals surface area contributed by atoms with E-state index in [2.05, 4.69) is 12.2 Å². The SMILES string of the molecule is CCCCCc1ccc(O)cc1OCCCCCCCCCCC(=O)NC1CC1. The molecule has 0 aliphatic heterocycles. The van der Waals surface area contributed by atoms with Crippen molar-refractivity contribution in [3.8, 4) is 11.5 Å². The number of nitrogens with one attached hydrogen (secondary N) is 1. The molecule has 1 aromatic carbocycles. The quantitative estimate of drug-likeness (QED) is 0.300. The number of benzene rings is 1. The maximum absolute atomic E-state index is 11.6. The van der Waals surface area contributed by atoms with Crippen LogP contribution in [0.25, 0.3) is 0 Å². The van der Waals surface area contributed by atoms with Gasteiger partial charge < -0.3 is 15.2 Å². The van der Waals surface area contributed by atoms with Crippen molar-refractivity contribution < 1.29 is 14.6 Å². The number of rotatable bonds is 17. The van der Waals surface area contributed by atoms with Crippen LogP contribution in [0, 0.1) is 0 Å². The lowest BCUT2D eigenvalue weighted by Crippen LogP contribution is -2.24. The zero-order chi connectivity index (χ0) is 20.7. The molecule has 0 unspecified atom stereocenters. The van der Waals surface area contributed by atoms with Crippen LogP contribution in [-0.4, -0.2) is 23.7 Å². The lowest BCUT2D eigenvalue weighted by molar-refractivity contribution is -0.121. The zero-order valence-electron chi connectivity index (χ0n) is 18.4. The van der Waals surface area contributed by atoms with Gasteiger partial charge in [0.15, 0.2) is 0 Å². The van der Waals surface area contributed by atoms with Crippen LogP contribution in [0.2, 0.25) is 0 Å². The number of phenols is 1. The Morgan fingerprint density at radius 1 is 1.00 bits per heavy atom. The highest BCUT2D eigenvalue weighted by Gasteiger charge is 2.22. The first-order valence-electron chi connectivity index (χ1n) is 11.9. The minimum absolute atomic E-state index is 0.243. The van der Waals surface area contributed by atoms with E-state index in [9.17, 15) is 9.90 Å². The van der Waals surface area contributed by atoms with E-state index in [0.717, 1.165) is 31.6 Å². The molecule has 0 radical (unpaired) electrons. The van der Waals surface area contributed by atoms with E-state index < -0.39 is 0 Å². The Kier molecular flexibility index (Phi) is 11.6. The number of amides is 1. The average molecular weight is 404 g/mol. The molecular weight excluding hydrogens is 362 g/mol. The van der Waals surface area contributed by atoms with E-state index in [1.165, 1.54) is 76.2 Å². The van der Waals surface area contributed by atoms with Crippen LogP contribution in [0.3, 0.4) is 0 Å². The van der Waals surface area contributed by atoms with Gasteiger partial charge in [-0.25, -0.2) is 0 Å². The first-order valence-corrected chi connectivity index (χ1v) is 11.9. The predicted octanol–water partition coefficient (Wildman–Crippen LogP) is 6.29. The van der Waals surface area contributed by atoms with Gasteiger partial charge in [-0.2, -0.15) is 0 Å². The average Bonchev–Trinajstić information content (AvgIpc) is 3.51. The molecule has 164 valence electrons. The number of aromatic hydroxyl groups is 1. The zero-order valence-corrected chi connectivity index (χ0v) is 18.4. The van der Waals surface area contributed by atoms with Crippen molar-refractivity contribution >= 4 is 5.91 Å². The number of hydrogen-bond acceptors (Lipinski definition) is 3. The summed E-state index contributed by atoms with van der Waals surface area (Å²) >= 11 is 0. The number of phenolic OH excluding ortho intramolecular Hbond substituents is 1. The number of carbonyl (C=O) groups is 1. The Bertz CT molecular complexity index is 583. The first kappa shape index (κ1) is 23.6. The van der Waals surface area contributed by atoms with Crippen LogP contribution >= 0.6 is 0 Å². The fourth-order valence-corrected chi connectivity index (χ4v) is 3.61. The van der Waals surface area contributed by atoms with Crippen molar-refractivity contribution in [1.29, 1.82) is 0 Å². The number of unbranched alkanes of at least 4 members (excludes halogenated alkanes) is 9. The van der Waals surface area contributed by atoms with Crippen LogP contribution in [0.4, 0.5) is 0 Å². The molecule has 1 aliphatic rings. The van der Waals surface area contributed by atoms with Crippen molar-refractivity contribution in [2.24, 2.45) is 0 Å². The Balaban J connectivity index is 1.44. The fraction of sp³-hybridized carbons (Fsp3) is 0.720. The summed E-state index contributed by atoms with van der Waals surface area (Å²) in [7, 11) is 0. The summed E-state index contributed by atoms with van der Waals surface area (Å²) in [5, 5.41) is 12.8. The predicted molar refractivity (Wildman–Crippen MR) is 120 cm³/mol. The van der Waals surface area contributed by atoms with Crippen molar-refractivity contribution in [3.63, 3.8) is 0 Å². The van der Waals surface area contributed by atoms with E-state index in [1.54, 1.807) is 12.1 Å². The highest BCUT2D eigenvalue weighted by Crippen LogP contribution is 2.26. The van der Waals surface area contributed by atoms with E-state index >= 15 is 0 Å². The lowest BCUT2D eigenvalue weighted by Gasteiger charge is -2.12. The molecule has 0 spiro atoms. The minimum atomic E-state index is 0.243. The van der Waals surface area contributed by atoms with E-state index in [-0.39, 0.29) is 11.7 Å². The summed E-state index contributed by atoms with van der Waals surface area (Å²) < 4.78 is 5.96. The third-order valence-corrected chi connectivity index (χ3v) is 5.60. The van der Waals surface area contributed by atoms with Crippen molar-refractivity contribution in [1.82, 2.24) is 5.32 Å². The van der Waals surface area contributed by atoms with Crippen LogP contribution in [0.1, 0.15) is 102 Å². The lowest BCUT2D eigenvalue weighted by atomic mass is 10.1. The molecule has 0 heterocycles. The van der Waals surface area contributed by atoms with Crippen molar-refractivity contribution in [2.75, 3.05) is 6.61 Å². The normalized spacial score (nSPS) is 13.4. The van der Waals surface area contributed by atoms with E-state index in [4.69, 9.17) is 4.74 Å². The third-order valence-electron chi connectivity index (χ3n) is 5.60. The van der Waals surface area contributed by atoms with Gasteiger partial charge in [-0.15, -0.1) is 0 Å². The molecule has 4 heteroatoms. The minimum Gasteiger partial charge on any atom is -0.508 e.